The van der Waals surface area contributed by atoms with Gasteiger partial charge in [-0.15, -0.1) is 0 Å². The van der Waals surface area contributed by atoms with Gasteiger partial charge in [0.2, 0.25) is 0 Å². The van der Waals surface area contributed by atoms with Crippen LogP contribution in [0.1, 0.15) is 56.9 Å². The third-order valence-corrected chi connectivity index (χ3v) is 5.35. The SMILES string of the molecule is CCOC(=O)[C@@H](OC(C)(C)C)c1c(C)cc2cc(C(F)F)c(F)cc2c1OS(=O)(=O)C(F)(F)F. The highest BCUT2D eigenvalue weighted by molar-refractivity contribution is 7.88. The minimum Gasteiger partial charge on any atom is -0.464 e. The van der Waals surface area contributed by atoms with Crippen LogP contribution in [0, 0.1) is 12.7 Å². The number of carbonyl (C=O) groups excluding carboxylic acids is 1. The van der Waals surface area contributed by atoms with Crippen LogP contribution in [0.3, 0.4) is 0 Å². The molecule has 0 fully saturated rings. The Morgan fingerprint density at radius 2 is 1.68 bits per heavy atom. The Kier molecular flexibility index (Phi) is 7.83. The summed E-state index contributed by atoms with van der Waals surface area (Å²) < 4.78 is 119. The van der Waals surface area contributed by atoms with Crippen molar-refractivity contribution < 1.29 is 53.2 Å². The average Bonchev–Trinajstić information content (AvgIpc) is 2.65. The van der Waals surface area contributed by atoms with Gasteiger partial charge >= 0.3 is 21.6 Å². The molecule has 0 spiro atoms. The van der Waals surface area contributed by atoms with Gasteiger partial charge in [0.25, 0.3) is 6.43 Å². The summed E-state index contributed by atoms with van der Waals surface area (Å²) in [6, 6.07) is 2.24. The van der Waals surface area contributed by atoms with Gasteiger partial charge in [0.05, 0.1) is 17.8 Å². The molecule has 0 N–H and O–H groups in total. The molecule has 0 saturated heterocycles. The van der Waals surface area contributed by atoms with Gasteiger partial charge in [-0.3, -0.25) is 0 Å². The summed E-state index contributed by atoms with van der Waals surface area (Å²) in [6.07, 6.45) is -5.05. The van der Waals surface area contributed by atoms with E-state index in [4.69, 9.17) is 9.47 Å². The highest BCUT2D eigenvalue weighted by Gasteiger charge is 2.49. The Morgan fingerprint density at radius 3 is 2.15 bits per heavy atom. The zero-order chi connectivity index (χ0) is 26.2. The van der Waals surface area contributed by atoms with Crippen LogP contribution in [0.4, 0.5) is 26.3 Å². The minimum atomic E-state index is -6.31. The number of aryl methyl sites for hydroxylation is 1. The summed E-state index contributed by atoms with van der Waals surface area (Å²) >= 11 is 0. The van der Waals surface area contributed by atoms with Gasteiger partial charge in [0.1, 0.15) is 5.82 Å². The Labute approximate surface area is 191 Å². The summed E-state index contributed by atoms with van der Waals surface area (Å²) in [5, 5.41) is -0.842. The number of ether oxygens (including phenoxy) is 2. The monoisotopic (exact) mass is 516 g/mol. The molecule has 1 atom stereocenters. The third kappa shape index (κ3) is 5.93. The van der Waals surface area contributed by atoms with Crippen molar-refractivity contribution >= 4 is 26.9 Å². The number of fused-ring (bicyclic) bond motifs is 1. The maximum absolute atomic E-state index is 14.4. The number of carbonyl (C=O) groups is 1. The van der Waals surface area contributed by atoms with Gasteiger partial charge in [0, 0.05) is 10.9 Å². The molecule has 34 heavy (non-hydrogen) atoms. The summed E-state index contributed by atoms with van der Waals surface area (Å²) in [6.45, 7) is 7.10. The molecule has 2 aromatic rings. The molecule has 0 amide bonds. The third-order valence-electron chi connectivity index (χ3n) is 4.40. The lowest BCUT2D eigenvalue weighted by molar-refractivity contribution is -0.167. The van der Waals surface area contributed by atoms with Crippen LogP contribution in [0.15, 0.2) is 18.2 Å². The quantitative estimate of drug-likeness (QED) is 0.198. The highest BCUT2D eigenvalue weighted by atomic mass is 32.2. The minimum absolute atomic E-state index is 0.0472. The van der Waals surface area contributed by atoms with E-state index in [0.717, 1.165) is 0 Å². The van der Waals surface area contributed by atoms with Crippen molar-refractivity contribution in [2.75, 3.05) is 6.61 Å². The van der Waals surface area contributed by atoms with E-state index in [1.807, 2.05) is 0 Å². The molecule has 0 aliphatic carbocycles. The predicted molar refractivity (Wildman–Crippen MR) is 109 cm³/mol. The van der Waals surface area contributed by atoms with Gasteiger partial charge in [-0.05, 0) is 57.7 Å². The molecule has 0 aliphatic heterocycles. The number of hydrogen-bond donors (Lipinski definition) is 0. The second-order valence-electron chi connectivity index (χ2n) is 8.18. The molecule has 0 aliphatic rings. The lowest BCUT2D eigenvalue weighted by Gasteiger charge is -2.29. The fraction of sp³-hybridized carbons (Fsp3) is 0.476. The fourth-order valence-electron chi connectivity index (χ4n) is 3.10. The zero-order valence-corrected chi connectivity index (χ0v) is 19.5. The van der Waals surface area contributed by atoms with Crippen LogP contribution in [0.2, 0.25) is 0 Å². The Morgan fingerprint density at radius 1 is 1.09 bits per heavy atom. The van der Waals surface area contributed by atoms with E-state index in [1.54, 1.807) is 0 Å². The van der Waals surface area contributed by atoms with E-state index in [9.17, 15) is 39.6 Å². The largest absolute Gasteiger partial charge is 0.534 e. The predicted octanol–water partition coefficient (Wildman–Crippen LogP) is 5.87. The van der Waals surface area contributed by atoms with Gasteiger partial charge in [-0.2, -0.15) is 21.6 Å². The van der Waals surface area contributed by atoms with Gasteiger partial charge in [-0.1, -0.05) is 6.07 Å². The Hall–Kier alpha value is -2.54. The van der Waals surface area contributed by atoms with E-state index in [2.05, 4.69) is 4.18 Å². The van der Waals surface area contributed by atoms with Crippen molar-refractivity contribution in [1.82, 2.24) is 0 Å². The molecule has 13 heteroatoms. The smallest absolute Gasteiger partial charge is 0.464 e. The maximum atomic E-state index is 14.4. The Balaban J connectivity index is 2.99. The second kappa shape index (κ2) is 9.61. The van der Waals surface area contributed by atoms with E-state index >= 15 is 0 Å². The summed E-state index contributed by atoms with van der Waals surface area (Å²) in [5.41, 5.74) is -8.57. The molecule has 0 aromatic heterocycles. The molecule has 0 radical (unpaired) electrons. The number of esters is 1. The van der Waals surface area contributed by atoms with E-state index in [1.165, 1.54) is 40.7 Å². The van der Waals surface area contributed by atoms with Crippen LogP contribution >= 0.6 is 0 Å². The summed E-state index contributed by atoms with van der Waals surface area (Å²) in [7, 11) is -6.31. The van der Waals surface area contributed by atoms with Crippen LogP contribution in [0.25, 0.3) is 10.8 Å². The number of rotatable bonds is 7. The highest BCUT2D eigenvalue weighted by Crippen LogP contribution is 2.43. The second-order valence-corrected chi connectivity index (χ2v) is 9.72. The number of alkyl halides is 5. The first kappa shape index (κ1) is 27.7. The van der Waals surface area contributed by atoms with Crippen molar-refractivity contribution in [2.24, 2.45) is 0 Å². The van der Waals surface area contributed by atoms with Crippen LogP contribution < -0.4 is 4.18 Å². The summed E-state index contributed by atoms with van der Waals surface area (Å²) in [5.74, 6) is -3.69. The molecule has 0 heterocycles. The van der Waals surface area contributed by atoms with Gasteiger partial charge < -0.3 is 13.7 Å². The zero-order valence-electron chi connectivity index (χ0n) is 18.7. The number of hydrogen-bond acceptors (Lipinski definition) is 6. The van der Waals surface area contributed by atoms with Crippen molar-refractivity contribution in [3.05, 3.63) is 40.7 Å². The molecule has 2 aromatic carbocycles. The average molecular weight is 516 g/mol. The van der Waals surface area contributed by atoms with Crippen LogP contribution in [-0.2, 0) is 24.4 Å². The van der Waals surface area contributed by atoms with E-state index < -0.39 is 67.8 Å². The molecule has 0 saturated carbocycles. The molecule has 190 valence electrons. The van der Waals surface area contributed by atoms with E-state index in [-0.39, 0.29) is 17.6 Å². The van der Waals surface area contributed by atoms with Gasteiger partial charge in [-0.25, -0.2) is 18.0 Å². The van der Waals surface area contributed by atoms with Crippen LogP contribution in [0.5, 0.6) is 5.75 Å². The molecule has 6 nitrogen and oxygen atoms in total. The molecule has 2 rings (SSSR count). The fourth-order valence-corrected chi connectivity index (χ4v) is 3.59. The van der Waals surface area contributed by atoms with Crippen molar-refractivity contribution in [3.63, 3.8) is 0 Å². The molecular formula is C21H22F6O6S. The topological polar surface area (TPSA) is 78.9 Å². The summed E-state index contributed by atoms with van der Waals surface area (Å²) in [4.78, 5) is 12.7. The van der Waals surface area contributed by atoms with Gasteiger partial charge in [0.15, 0.2) is 11.9 Å². The van der Waals surface area contributed by atoms with Crippen molar-refractivity contribution in [2.45, 2.75) is 58.3 Å². The Bertz CT molecular complexity index is 1190. The first-order valence-corrected chi connectivity index (χ1v) is 11.2. The van der Waals surface area contributed by atoms with Crippen LogP contribution in [-0.4, -0.2) is 32.1 Å². The number of halogens is 6. The van der Waals surface area contributed by atoms with Crippen molar-refractivity contribution in [3.8, 4) is 5.75 Å². The molecule has 0 unspecified atom stereocenters. The number of benzene rings is 2. The lowest BCUT2D eigenvalue weighted by atomic mass is 9.94. The normalized spacial score (nSPS) is 13.9. The van der Waals surface area contributed by atoms with Crippen molar-refractivity contribution in [1.29, 1.82) is 0 Å². The lowest BCUT2D eigenvalue weighted by Crippen LogP contribution is -2.31. The maximum Gasteiger partial charge on any atom is 0.534 e. The first-order chi connectivity index (χ1) is 15.4. The standard InChI is InChI=1S/C21H22F6O6S/c1-6-31-19(28)17(32-20(3,4)5)15-10(2)7-11-8-13(18(23)24)14(22)9-12(11)16(15)33-34(29,30)21(25,26)27/h7-9,17-18H,6H2,1-5H3/t17-/m0/s1. The van der Waals surface area contributed by atoms with E-state index in [0.29, 0.717) is 12.1 Å². The molecular weight excluding hydrogens is 494 g/mol. The molecule has 0 bridgehead atoms. The first-order valence-electron chi connectivity index (χ1n) is 9.79.